The molecule has 0 bridgehead atoms. The van der Waals surface area contributed by atoms with Gasteiger partial charge in [-0.25, -0.2) is 4.99 Å². The van der Waals surface area contributed by atoms with Crippen molar-refractivity contribution in [3.63, 3.8) is 0 Å². The van der Waals surface area contributed by atoms with Gasteiger partial charge in [0.25, 0.3) is 0 Å². The van der Waals surface area contributed by atoms with Crippen molar-refractivity contribution in [1.82, 2.24) is 0 Å². The largest absolute Gasteiger partial charge is 0.479 e. The van der Waals surface area contributed by atoms with Gasteiger partial charge in [-0.05, 0) is 46.2 Å². The summed E-state index contributed by atoms with van der Waals surface area (Å²) >= 11 is 0. The summed E-state index contributed by atoms with van der Waals surface area (Å²) in [5, 5.41) is 0. The van der Waals surface area contributed by atoms with Crippen molar-refractivity contribution in [2.24, 2.45) is 4.99 Å². The van der Waals surface area contributed by atoms with E-state index in [2.05, 4.69) is 72.8 Å². The average molecular weight is 353 g/mol. The molecule has 0 saturated carbocycles. The lowest BCUT2D eigenvalue weighted by Gasteiger charge is -2.31. The van der Waals surface area contributed by atoms with Crippen LogP contribution in [-0.4, -0.2) is 18.0 Å². The lowest BCUT2D eigenvalue weighted by Crippen LogP contribution is -2.35. The van der Waals surface area contributed by atoms with Crippen molar-refractivity contribution in [3.05, 3.63) is 83.9 Å². The number of aliphatic imine (C=N–C) groups is 1. The molecule has 0 fully saturated rings. The molecule has 0 radical (unpaired) electrons. The highest BCUT2D eigenvalue weighted by Gasteiger charge is 2.39. The summed E-state index contributed by atoms with van der Waals surface area (Å²) in [5.41, 5.74) is 8.05. The Morgan fingerprint density at radius 1 is 0.815 bits per heavy atom. The minimum atomic E-state index is -0.0348. The van der Waals surface area contributed by atoms with Gasteiger partial charge in [-0.2, -0.15) is 0 Å². The molecule has 0 aromatic heterocycles. The maximum absolute atomic E-state index is 5.68. The van der Waals surface area contributed by atoms with Crippen LogP contribution in [0, 0.1) is 0 Å². The van der Waals surface area contributed by atoms with Gasteiger partial charge in [-0.1, -0.05) is 72.8 Å². The van der Waals surface area contributed by atoms with E-state index in [0.29, 0.717) is 0 Å². The monoisotopic (exact) mass is 353 g/mol. The summed E-state index contributed by atoms with van der Waals surface area (Å²) in [7, 11) is 0. The quantitative estimate of drug-likeness (QED) is 0.579. The molecule has 1 heterocycles. The molecule has 3 aromatic carbocycles. The van der Waals surface area contributed by atoms with Gasteiger partial charge in [0.05, 0.1) is 0 Å². The third-order valence-electron chi connectivity index (χ3n) is 5.88. The summed E-state index contributed by atoms with van der Waals surface area (Å²) in [4.78, 5) is 4.82. The van der Waals surface area contributed by atoms with Crippen molar-refractivity contribution in [2.45, 2.75) is 31.7 Å². The first kappa shape index (κ1) is 16.3. The molecule has 3 aromatic rings. The third-order valence-corrected chi connectivity index (χ3v) is 5.88. The number of hydrogen-bond acceptors (Lipinski definition) is 2. The van der Waals surface area contributed by atoms with Crippen LogP contribution in [0.25, 0.3) is 22.3 Å². The first-order chi connectivity index (χ1) is 13.2. The van der Waals surface area contributed by atoms with Gasteiger partial charge in [-0.3, -0.25) is 0 Å². The van der Waals surface area contributed by atoms with Gasteiger partial charge in [0.1, 0.15) is 12.1 Å². The van der Waals surface area contributed by atoms with Crippen molar-refractivity contribution in [1.29, 1.82) is 0 Å². The second kappa shape index (κ2) is 6.38. The molecule has 1 spiro atoms. The van der Waals surface area contributed by atoms with Crippen LogP contribution >= 0.6 is 0 Å². The highest BCUT2D eigenvalue weighted by atomic mass is 16.5. The molecule has 1 atom stereocenters. The molecule has 0 amide bonds. The standard InChI is InChI=1S/C25H23NO/c1-18-26-25(17-27-18)15-14-24-22(16-25)8-5-9-23(24)21-12-10-20(11-13-21)19-6-3-2-4-7-19/h2-13H,14-17H2,1H3/t25-/m0/s1. The van der Waals surface area contributed by atoms with Crippen LogP contribution in [-0.2, 0) is 17.6 Å². The maximum atomic E-state index is 5.68. The van der Waals surface area contributed by atoms with Crippen LogP contribution in [0.4, 0.5) is 0 Å². The zero-order chi connectivity index (χ0) is 18.3. The van der Waals surface area contributed by atoms with Gasteiger partial charge in [0.2, 0.25) is 0 Å². The zero-order valence-electron chi connectivity index (χ0n) is 15.6. The van der Waals surface area contributed by atoms with Crippen molar-refractivity contribution in [3.8, 4) is 22.3 Å². The summed E-state index contributed by atoms with van der Waals surface area (Å²) in [6.45, 7) is 2.70. The number of nitrogens with zero attached hydrogens (tertiary/aromatic N) is 1. The molecule has 0 unspecified atom stereocenters. The zero-order valence-corrected chi connectivity index (χ0v) is 15.6. The van der Waals surface area contributed by atoms with E-state index in [9.17, 15) is 0 Å². The van der Waals surface area contributed by atoms with E-state index in [1.807, 2.05) is 6.92 Å². The number of ether oxygens (including phenoxy) is 1. The highest BCUT2D eigenvalue weighted by molar-refractivity contribution is 5.76. The first-order valence-electron chi connectivity index (χ1n) is 9.68. The molecule has 2 nitrogen and oxygen atoms in total. The number of hydrogen-bond donors (Lipinski definition) is 0. The number of fused-ring (bicyclic) bond motifs is 1. The smallest absolute Gasteiger partial charge is 0.180 e. The highest BCUT2D eigenvalue weighted by Crippen LogP contribution is 2.39. The summed E-state index contributed by atoms with van der Waals surface area (Å²) in [6, 6.07) is 26.2. The van der Waals surface area contributed by atoms with Gasteiger partial charge >= 0.3 is 0 Å². The van der Waals surface area contributed by atoms with E-state index < -0.39 is 0 Å². The molecule has 0 N–H and O–H groups in total. The van der Waals surface area contributed by atoms with Gasteiger partial charge in [0.15, 0.2) is 5.90 Å². The third kappa shape index (κ3) is 2.95. The molecule has 134 valence electrons. The van der Waals surface area contributed by atoms with Crippen molar-refractivity contribution < 1.29 is 4.74 Å². The Kier molecular flexibility index (Phi) is 3.86. The van der Waals surface area contributed by atoms with Crippen LogP contribution in [0.1, 0.15) is 24.5 Å². The van der Waals surface area contributed by atoms with Crippen LogP contribution in [0.2, 0.25) is 0 Å². The first-order valence-corrected chi connectivity index (χ1v) is 9.68. The summed E-state index contributed by atoms with van der Waals surface area (Å²) in [5.74, 6) is 0.839. The molecule has 2 heteroatoms. The van der Waals surface area contributed by atoms with Crippen LogP contribution < -0.4 is 0 Å². The van der Waals surface area contributed by atoms with Gasteiger partial charge < -0.3 is 4.74 Å². The topological polar surface area (TPSA) is 21.6 Å². The maximum Gasteiger partial charge on any atom is 0.180 e. The van der Waals surface area contributed by atoms with E-state index in [4.69, 9.17) is 9.73 Å². The Labute approximate surface area is 160 Å². The minimum absolute atomic E-state index is 0.0348. The number of rotatable bonds is 2. The van der Waals surface area contributed by atoms with E-state index in [0.717, 1.165) is 31.8 Å². The predicted molar refractivity (Wildman–Crippen MR) is 111 cm³/mol. The van der Waals surface area contributed by atoms with Crippen LogP contribution in [0.5, 0.6) is 0 Å². The van der Waals surface area contributed by atoms with Crippen molar-refractivity contribution >= 4 is 5.90 Å². The Morgan fingerprint density at radius 2 is 1.56 bits per heavy atom. The Hall–Kier alpha value is -2.87. The fourth-order valence-corrected chi connectivity index (χ4v) is 4.50. The Morgan fingerprint density at radius 3 is 2.30 bits per heavy atom. The molecule has 1 aliphatic heterocycles. The number of benzene rings is 3. The average Bonchev–Trinajstić information content (AvgIpc) is 3.08. The van der Waals surface area contributed by atoms with Crippen LogP contribution in [0.3, 0.4) is 0 Å². The van der Waals surface area contributed by atoms with Gasteiger partial charge in [-0.15, -0.1) is 0 Å². The van der Waals surface area contributed by atoms with E-state index in [1.54, 1.807) is 0 Å². The molecular weight excluding hydrogens is 330 g/mol. The van der Waals surface area contributed by atoms with E-state index in [1.165, 1.54) is 33.4 Å². The minimum Gasteiger partial charge on any atom is -0.479 e. The molecule has 1 aliphatic carbocycles. The molecule has 2 aliphatic rings. The summed E-state index contributed by atoms with van der Waals surface area (Å²) < 4.78 is 5.68. The SMILES string of the molecule is CC1=N[C@]2(CCc3c(cccc3-c3ccc(-c4ccccc4)cc3)C2)CO1. The van der Waals surface area contributed by atoms with E-state index in [-0.39, 0.29) is 5.54 Å². The van der Waals surface area contributed by atoms with E-state index >= 15 is 0 Å². The van der Waals surface area contributed by atoms with Crippen LogP contribution in [0.15, 0.2) is 77.8 Å². The molecule has 27 heavy (non-hydrogen) atoms. The predicted octanol–water partition coefficient (Wildman–Crippen LogP) is 5.70. The molecule has 0 saturated heterocycles. The Balaban J connectivity index is 1.48. The normalized spacial score (nSPS) is 20.9. The lowest BCUT2D eigenvalue weighted by molar-refractivity contribution is 0.236. The lowest BCUT2D eigenvalue weighted by atomic mass is 9.76. The van der Waals surface area contributed by atoms with Gasteiger partial charge in [0, 0.05) is 13.3 Å². The Bertz CT molecular complexity index is 1000. The molecular formula is C25H23NO. The fraction of sp³-hybridized carbons (Fsp3) is 0.240. The molecule has 5 rings (SSSR count). The second-order valence-corrected chi connectivity index (χ2v) is 7.71. The fourth-order valence-electron chi connectivity index (χ4n) is 4.50. The summed E-state index contributed by atoms with van der Waals surface area (Å²) in [6.07, 6.45) is 3.11. The second-order valence-electron chi connectivity index (χ2n) is 7.71. The van der Waals surface area contributed by atoms with Crippen molar-refractivity contribution in [2.75, 3.05) is 6.61 Å².